The molecule has 4 heteroatoms. The average molecular weight is 539 g/mol. The fourth-order valence-corrected chi connectivity index (χ4v) is 5.59. The Morgan fingerprint density at radius 1 is 0.575 bits per heavy atom. The Morgan fingerprint density at radius 2 is 1.07 bits per heavy atom. The van der Waals surface area contributed by atoms with E-state index in [1.807, 2.05) is 16.8 Å². The Bertz CT molecular complexity index is 1170. The number of fused-ring (bicyclic) bond motifs is 1. The van der Waals surface area contributed by atoms with Crippen molar-refractivity contribution in [3.8, 4) is 0 Å². The summed E-state index contributed by atoms with van der Waals surface area (Å²) in [6, 6.07) is 26.7. The van der Waals surface area contributed by atoms with Gasteiger partial charge in [-0.05, 0) is 73.2 Å². The van der Waals surface area contributed by atoms with E-state index in [1.165, 1.54) is 112 Å². The first-order valence-corrected chi connectivity index (χ1v) is 16.0. The fraction of sp³-hybridized carbons (Fsp3) is 0.500. The minimum absolute atomic E-state index is 0.777. The average Bonchev–Trinajstić information content (AvgIpc) is 3.41. The molecular formula is C36H50N4. The van der Waals surface area contributed by atoms with Gasteiger partial charge in [-0.1, -0.05) is 120 Å². The topological polar surface area (TPSA) is 34.0 Å². The first-order valence-electron chi connectivity index (χ1n) is 16.0. The lowest BCUT2D eigenvalue weighted by molar-refractivity contribution is 0.607. The predicted molar refractivity (Wildman–Crippen MR) is 172 cm³/mol. The molecule has 0 aliphatic heterocycles. The van der Waals surface area contributed by atoms with Gasteiger partial charge in [0.05, 0.1) is 12.1 Å². The molecule has 0 fully saturated rings. The minimum atomic E-state index is 0.777. The smallest absolute Gasteiger partial charge is 0.113 e. The van der Waals surface area contributed by atoms with Gasteiger partial charge < -0.3 is 4.90 Å². The van der Waals surface area contributed by atoms with Crippen LogP contribution in [-0.2, 0) is 19.4 Å². The standard InChI is InChI=1S/C36H50N4/c1-3-5-7-9-11-13-17-31-21-25-33(26-22-31)39(29-30-40-36-20-16-15-19-35(36)37-38-40)34-27-23-32(24-28-34)18-14-12-10-8-6-4-2/h15-16,19-28H,3-14,17-18,29-30H2,1-2H3. The summed E-state index contributed by atoms with van der Waals surface area (Å²) >= 11 is 0. The second-order valence-electron chi connectivity index (χ2n) is 11.3. The fourth-order valence-electron chi connectivity index (χ4n) is 5.59. The molecule has 4 nitrogen and oxygen atoms in total. The summed E-state index contributed by atoms with van der Waals surface area (Å²) in [7, 11) is 0. The lowest BCUT2D eigenvalue weighted by Gasteiger charge is -2.26. The Morgan fingerprint density at radius 3 is 1.62 bits per heavy atom. The van der Waals surface area contributed by atoms with Crippen LogP contribution in [0.15, 0.2) is 72.8 Å². The number of hydrogen-bond donors (Lipinski definition) is 0. The zero-order valence-corrected chi connectivity index (χ0v) is 25.0. The highest BCUT2D eigenvalue weighted by Crippen LogP contribution is 2.27. The summed E-state index contributed by atoms with van der Waals surface area (Å²) in [5.41, 5.74) is 7.39. The van der Waals surface area contributed by atoms with E-state index in [-0.39, 0.29) is 0 Å². The Hall–Kier alpha value is -3.14. The van der Waals surface area contributed by atoms with Crippen molar-refractivity contribution in [1.29, 1.82) is 0 Å². The highest BCUT2D eigenvalue weighted by molar-refractivity contribution is 5.74. The molecule has 0 saturated carbocycles. The number of hydrogen-bond acceptors (Lipinski definition) is 3. The van der Waals surface area contributed by atoms with Gasteiger partial charge in [0, 0.05) is 17.9 Å². The van der Waals surface area contributed by atoms with Crippen LogP contribution in [0, 0.1) is 0 Å². The molecule has 0 radical (unpaired) electrons. The van der Waals surface area contributed by atoms with Gasteiger partial charge in [-0.15, -0.1) is 5.10 Å². The molecule has 0 bridgehead atoms. The number of anilines is 2. The van der Waals surface area contributed by atoms with Crippen molar-refractivity contribution in [3.05, 3.63) is 83.9 Å². The monoisotopic (exact) mass is 538 g/mol. The van der Waals surface area contributed by atoms with Crippen LogP contribution < -0.4 is 4.90 Å². The van der Waals surface area contributed by atoms with Crippen LogP contribution in [0.5, 0.6) is 0 Å². The van der Waals surface area contributed by atoms with E-state index in [2.05, 4.69) is 89.7 Å². The van der Waals surface area contributed by atoms with Crippen molar-refractivity contribution in [2.45, 2.75) is 110 Å². The molecule has 0 aliphatic rings. The maximum atomic E-state index is 4.44. The van der Waals surface area contributed by atoms with Crippen LogP contribution in [0.1, 0.15) is 102 Å². The zero-order valence-electron chi connectivity index (χ0n) is 25.0. The second-order valence-corrected chi connectivity index (χ2v) is 11.3. The predicted octanol–water partition coefficient (Wildman–Crippen LogP) is 10.1. The minimum Gasteiger partial charge on any atom is -0.340 e. The van der Waals surface area contributed by atoms with Crippen LogP contribution in [0.25, 0.3) is 11.0 Å². The van der Waals surface area contributed by atoms with Gasteiger partial charge >= 0.3 is 0 Å². The van der Waals surface area contributed by atoms with Crippen LogP contribution in [0.4, 0.5) is 11.4 Å². The molecule has 0 unspecified atom stereocenters. The molecule has 40 heavy (non-hydrogen) atoms. The molecule has 4 rings (SSSR count). The molecule has 1 heterocycles. The summed E-state index contributed by atoms with van der Waals surface area (Å²) in [5.74, 6) is 0. The third-order valence-electron chi connectivity index (χ3n) is 8.09. The van der Waals surface area contributed by atoms with Crippen LogP contribution in [-0.4, -0.2) is 21.5 Å². The molecule has 1 aromatic heterocycles. The Kier molecular flexibility index (Phi) is 12.6. The van der Waals surface area contributed by atoms with E-state index >= 15 is 0 Å². The van der Waals surface area contributed by atoms with Gasteiger partial charge in [0.25, 0.3) is 0 Å². The normalized spacial score (nSPS) is 11.3. The maximum absolute atomic E-state index is 4.44. The second kappa shape index (κ2) is 16.8. The summed E-state index contributed by atoms with van der Waals surface area (Å²) in [4.78, 5) is 2.43. The van der Waals surface area contributed by atoms with Crippen molar-refractivity contribution in [2.24, 2.45) is 0 Å². The summed E-state index contributed by atoms with van der Waals surface area (Å²) in [5, 5.41) is 8.81. The highest BCUT2D eigenvalue weighted by Gasteiger charge is 2.12. The molecule has 0 spiro atoms. The third-order valence-corrected chi connectivity index (χ3v) is 8.09. The number of para-hydroxylation sites is 1. The van der Waals surface area contributed by atoms with Crippen LogP contribution in [0.3, 0.4) is 0 Å². The Labute approximate surface area is 242 Å². The van der Waals surface area contributed by atoms with Crippen LogP contribution in [0.2, 0.25) is 0 Å². The number of unbranched alkanes of at least 4 members (excludes halogenated alkanes) is 10. The number of aromatic nitrogens is 3. The van der Waals surface area contributed by atoms with E-state index in [1.54, 1.807) is 0 Å². The number of nitrogens with zero attached hydrogens (tertiary/aromatic N) is 4. The molecule has 0 amide bonds. The Balaban J connectivity index is 1.41. The van der Waals surface area contributed by atoms with Gasteiger partial charge in [0.1, 0.15) is 5.52 Å². The van der Waals surface area contributed by atoms with Crippen molar-refractivity contribution in [1.82, 2.24) is 15.0 Å². The van der Waals surface area contributed by atoms with Crippen molar-refractivity contribution >= 4 is 22.4 Å². The highest BCUT2D eigenvalue weighted by atomic mass is 15.4. The first-order chi connectivity index (χ1) is 19.8. The van der Waals surface area contributed by atoms with E-state index in [0.29, 0.717) is 0 Å². The number of benzene rings is 3. The van der Waals surface area contributed by atoms with Gasteiger partial charge in [-0.2, -0.15) is 0 Å². The molecule has 4 aromatic rings. The zero-order chi connectivity index (χ0) is 27.8. The molecule has 3 aromatic carbocycles. The third kappa shape index (κ3) is 9.21. The maximum Gasteiger partial charge on any atom is 0.113 e. The van der Waals surface area contributed by atoms with E-state index in [0.717, 1.165) is 24.1 Å². The summed E-state index contributed by atoms with van der Waals surface area (Å²) < 4.78 is 2.03. The molecule has 0 atom stereocenters. The number of rotatable bonds is 19. The SMILES string of the molecule is CCCCCCCCc1ccc(N(CCn2nnc3ccccc32)c2ccc(CCCCCCCC)cc2)cc1. The lowest BCUT2D eigenvalue weighted by Crippen LogP contribution is -2.23. The van der Waals surface area contributed by atoms with Gasteiger partial charge in [-0.25, -0.2) is 4.68 Å². The van der Waals surface area contributed by atoms with E-state index < -0.39 is 0 Å². The molecular weight excluding hydrogens is 488 g/mol. The largest absolute Gasteiger partial charge is 0.340 e. The van der Waals surface area contributed by atoms with Crippen molar-refractivity contribution in [2.75, 3.05) is 11.4 Å². The van der Waals surface area contributed by atoms with Gasteiger partial charge in [-0.3, -0.25) is 0 Å². The lowest BCUT2D eigenvalue weighted by atomic mass is 10.0. The number of aryl methyl sites for hydroxylation is 2. The van der Waals surface area contributed by atoms with Gasteiger partial charge in [0.15, 0.2) is 0 Å². The molecule has 0 saturated heterocycles. The summed E-state index contributed by atoms with van der Waals surface area (Å²) in [6.07, 6.45) is 18.4. The molecule has 0 N–H and O–H groups in total. The van der Waals surface area contributed by atoms with E-state index in [4.69, 9.17) is 0 Å². The van der Waals surface area contributed by atoms with Crippen molar-refractivity contribution < 1.29 is 0 Å². The van der Waals surface area contributed by atoms with Gasteiger partial charge in [0.2, 0.25) is 0 Å². The first kappa shape index (κ1) is 29.8. The van der Waals surface area contributed by atoms with Crippen LogP contribution >= 0.6 is 0 Å². The molecule has 0 aliphatic carbocycles. The van der Waals surface area contributed by atoms with Crippen molar-refractivity contribution in [3.63, 3.8) is 0 Å². The quantitative estimate of drug-likeness (QED) is 0.111. The van der Waals surface area contributed by atoms with E-state index in [9.17, 15) is 0 Å². The molecule has 214 valence electrons. The summed E-state index contributed by atoms with van der Waals surface area (Å²) in [6.45, 7) is 6.17.